The molecule has 0 radical (unpaired) electrons. The van der Waals surface area contributed by atoms with E-state index in [1.165, 1.54) is 0 Å². The molecule has 3 aliphatic rings. The van der Waals surface area contributed by atoms with Gasteiger partial charge >= 0.3 is 0 Å². The van der Waals surface area contributed by atoms with Gasteiger partial charge in [0.05, 0.1) is 18.9 Å². The summed E-state index contributed by atoms with van der Waals surface area (Å²) in [6, 6.07) is 5.99. The van der Waals surface area contributed by atoms with Gasteiger partial charge in [0.2, 0.25) is 6.79 Å². The standard InChI is InChI=1S/C18H20N2O4S/c1-2-15-16(22-12-21-15)9-13(1)17-19-14(11-25-17)10-20-5-3-18(4-6-20)23-7-8-24-18/h1-2,9,11H,3-8,10,12H2. The Kier molecular flexibility index (Phi) is 3.89. The van der Waals surface area contributed by atoms with Crippen molar-refractivity contribution in [1.29, 1.82) is 0 Å². The lowest BCUT2D eigenvalue weighted by Crippen LogP contribution is -2.44. The van der Waals surface area contributed by atoms with Crippen molar-refractivity contribution in [3.8, 4) is 22.1 Å². The first-order chi connectivity index (χ1) is 12.3. The summed E-state index contributed by atoms with van der Waals surface area (Å²) in [6.45, 7) is 4.59. The Morgan fingerprint density at radius 1 is 1.08 bits per heavy atom. The molecular formula is C18H20N2O4S. The summed E-state index contributed by atoms with van der Waals surface area (Å²) in [7, 11) is 0. The van der Waals surface area contributed by atoms with E-state index in [0.29, 0.717) is 6.79 Å². The summed E-state index contributed by atoms with van der Waals surface area (Å²) in [5.74, 6) is 1.29. The second kappa shape index (κ2) is 6.25. The van der Waals surface area contributed by atoms with E-state index < -0.39 is 0 Å². The molecule has 1 aromatic carbocycles. The van der Waals surface area contributed by atoms with Crippen LogP contribution in [-0.2, 0) is 16.0 Å². The maximum atomic E-state index is 5.79. The average Bonchev–Trinajstić information content (AvgIpc) is 3.37. The molecule has 0 saturated carbocycles. The van der Waals surface area contributed by atoms with Gasteiger partial charge in [-0.2, -0.15) is 0 Å². The lowest BCUT2D eigenvalue weighted by molar-refractivity contribution is -0.185. The second-order valence-corrected chi connectivity index (χ2v) is 7.45. The number of rotatable bonds is 3. The number of likely N-dealkylation sites (tertiary alicyclic amines) is 1. The third-order valence-electron chi connectivity index (χ3n) is 4.99. The molecule has 4 heterocycles. The highest BCUT2D eigenvalue weighted by Gasteiger charge is 2.39. The molecule has 132 valence electrons. The largest absolute Gasteiger partial charge is 0.454 e. The first-order valence-corrected chi connectivity index (χ1v) is 9.52. The van der Waals surface area contributed by atoms with Crippen LogP contribution in [0.2, 0.25) is 0 Å². The van der Waals surface area contributed by atoms with Crippen LogP contribution in [0.3, 0.4) is 0 Å². The maximum Gasteiger partial charge on any atom is 0.231 e. The smallest absolute Gasteiger partial charge is 0.231 e. The van der Waals surface area contributed by atoms with Gasteiger partial charge in [-0.3, -0.25) is 4.90 Å². The third-order valence-corrected chi connectivity index (χ3v) is 5.93. The minimum Gasteiger partial charge on any atom is -0.454 e. The summed E-state index contributed by atoms with van der Waals surface area (Å²) in [4.78, 5) is 7.23. The maximum absolute atomic E-state index is 5.79. The Balaban J connectivity index is 1.24. The Hall–Kier alpha value is -1.67. The van der Waals surface area contributed by atoms with Gasteiger partial charge in [-0.05, 0) is 18.2 Å². The average molecular weight is 360 g/mol. The molecular weight excluding hydrogens is 340 g/mol. The Bertz CT molecular complexity index is 762. The van der Waals surface area contributed by atoms with Crippen LogP contribution in [0.5, 0.6) is 11.5 Å². The van der Waals surface area contributed by atoms with Crippen LogP contribution in [0.1, 0.15) is 18.5 Å². The molecule has 2 fully saturated rings. The predicted molar refractivity (Wildman–Crippen MR) is 92.8 cm³/mol. The zero-order chi connectivity index (χ0) is 16.7. The van der Waals surface area contributed by atoms with Crippen molar-refractivity contribution in [2.75, 3.05) is 33.1 Å². The molecule has 0 amide bonds. The van der Waals surface area contributed by atoms with Crippen LogP contribution in [0.25, 0.3) is 10.6 Å². The molecule has 3 aliphatic heterocycles. The molecule has 2 saturated heterocycles. The Labute approximate surface area is 150 Å². The lowest BCUT2D eigenvalue weighted by atomic mass is 10.0. The number of aromatic nitrogens is 1. The molecule has 0 unspecified atom stereocenters. The van der Waals surface area contributed by atoms with E-state index >= 15 is 0 Å². The van der Waals surface area contributed by atoms with Gasteiger partial charge in [-0.25, -0.2) is 4.98 Å². The summed E-state index contributed by atoms with van der Waals surface area (Å²) in [5, 5.41) is 3.16. The van der Waals surface area contributed by atoms with Gasteiger partial charge in [0, 0.05) is 43.4 Å². The molecule has 1 aromatic heterocycles. The first-order valence-electron chi connectivity index (χ1n) is 8.64. The van der Waals surface area contributed by atoms with Crippen molar-refractivity contribution >= 4 is 11.3 Å². The molecule has 6 nitrogen and oxygen atoms in total. The van der Waals surface area contributed by atoms with Crippen molar-refractivity contribution in [3.05, 3.63) is 29.3 Å². The van der Waals surface area contributed by atoms with Crippen molar-refractivity contribution in [3.63, 3.8) is 0 Å². The summed E-state index contributed by atoms with van der Waals surface area (Å²) in [6.07, 6.45) is 1.87. The molecule has 25 heavy (non-hydrogen) atoms. The Morgan fingerprint density at radius 2 is 1.88 bits per heavy atom. The number of hydrogen-bond acceptors (Lipinski definition) is 7. The van der Waals surface area contributed by atoms with Crippen molar-refractivity contribution in [2.45, 2.75) is 25.2 Å². The summed E-state index contributed by atoms with van der Waals surface area (Å²) >= 11 is 1.67. The van der Waals surface area contributed by atoms with Crippen LogP contribution in [-0.4, -0.2) is 48.8 Å². The van der Waals surface area contributed by atoms with Crippen LogP contribution in [0.15, 0.2) is 23.6 Å². The van der Waals surface area contributed by atoms with Crippen molar-refractivity contribution < 1.29 is 18.9 Å². The van der Waals surface area contributed by atoms with Gasteiger partial charge in [0.1, 0.15) is 5.01 Å². The zero-order valence-corrected chi connectivity index (χ0v) is 14.7. The van der Waals surface area contributed by atoms with E-state index in [1.54, 1.807) is 11.3 Å². The van der Waals surface area contributed by atoms with E-state index in [1.807, 2.05) is 18.2 Å². The van der Waals surface area contributed by atoms with E-state index in [4.69, 9.17) is 23.9 Å². The Morgan fingerprint density at radius 3 is 2.72 bits per heavy atom. The number of ether oxygens (including phenoxy) is 4. The number of thiazole rings is 1. The fourth-order valence-corrected chi connectivity index (χ4v) is 4.42. The number of piperidine rings is 1. The minimum atomic E-state index is -0.309. The molecule has 0 N–H and O–H groups in total. The van der Waals surface area contributed by atoms with Gasteiger partial charge in [-0.1, -0.05) is 0 Å². The van der Waals surface area contributed by atoms with Crippen LogP contribution in [0.4, 0.5) is 0 Å². The van der Waals surface area contributed by atoms with Crippen LogP contribution < -0.4 is 9.47 Å². The fourth-order valence-electron chi connectivity index (χ4n) is 3.61. The first kappa shape index (κ1) is 15.6. The number of benzene rings is 1. The van der Waals surface area contributed by atoms with E-state index in [0.717, 1.165) is 73.5 Å². The van der Waals surface area contributed by atoms with Crippen LogP contribution >= 0.6 is 11.3 Å². The normalized spacial score (nSPS) is 21.9. The van der Waals surface area contributed by atoms with E-state index in [9.17, 15) is 0 Å². The highest BCUT2D eigenvalue weighted by molar-refractivity contribution is 7.13. The summed E-state index contributed by atoms with van der Waals surface area (Å²) in [5.41, 5.74) is 2.19. The van der Waals surface area contributed by atoms with Crippen molar-refractivity contribution in [1.82, 2.24) is 9.88 Å². The lowest BCUT2D eigenvalue weighted by Gasteiger charge is -2.37. The predicted octanol–water partition coefficient (Wildman–Crippen LogP) is 2.88. The monoisotopic (exact) mass is 360 g/mol. The number of fused-ring (bicyclic) bond motifs is 1. The van der Waals surface area contributed by atoms with Crippen LogP contribution in [0, 0.1) is 0 Å². The highest BCUT2D eigenvalue weighted by atomic mass is 32.1. The second-order valence-electron chi connectivity index (χ2n) is 6.60. The molecule has 1 spiro atoms. The molecule has 5 rings (SSSR count). The molecule has 2 aromatic rings. The number of nitrogens with zero attached hydrogens (tertiary/aromatic N) is 2. The third kappa shape index (κ3) is 3.01. The van der Waals surface area contributed by atoms with Gasteiger partial charge < -0.3 is 18.9 Å². The van der Waals surface area contributed by atoms with E-state index in [2.05, 4.69) is 10.3 Å². The van der Waals surface area contributed by atoms with Gasteiger partial charge in [-0.15, -0.1) is 11.3 Å². The molecule has 0 bridgehead atoms. The minimum absolute atomic E-state index is 0.297. The summed E-state index contributed by atoms with van der Waals surface area (Å²) < 4.78 is 22.4. The molecule has 0 atom stereocenters. The highest BCUT2D eigenvalue weighted by Crippen LogP contribution is 2.37. The number of hydrogen-bond donors (Lipinski definition) is 0. The molecule has 7 heteroatoms. The van der Waals surface area contributed by atoms with Crippen molar-refractivity contribution in [2.24, 2.45) is 0 Å². The fraction of sp³-hybridized carbons (Fsp3) is 0.500. The SMILES string of the molecule is c1cc2c(cc1-c1nc(CN3CCC4(CC3)OCCO4)cs1)OCO2. The van der Waals surface area contributed by atoms with E-state index in [-0.39, 0.29) is 5.79 Å². The topological polar surface area (TPSA) is 53.1 Å². The van der Waals surface area contributed by atoms with Gasteiger partial charge in [0.15, 0.2) is 17.3 Å². The molecule has 0 aliphatic carbocycles. The van der Waals surface area contributed by atoms with Gasteiger partial charge in [0.25, 0.3) is 0 Å². The quantitative estimate of drug-likeness (QED) is 0.839. The zero-order valence-electron chi connectivity index (χ0n) is 13.9.